The van der Waals surface area contributed by atoms with E-state index in [0.717, 1.165) is 12.8 Å². The number of carbonyl (C=O) groups is 2. The van der Waals surface area contributed by atoms with Crippen LogP contribution >= 0.6 is 0 Å². The van der Waals surface area contributed by atoms with Gasteiger partial charge in [0.15, 0.2) is 0 Å². The largest absolute Gasteiger partial charge is 0.342 e. The molecule has 1 aromatic carbocycles. The number of amides is 2. The zero-order chi connectivity index (χ0) is 17.2. The maximum absolute atomic E-state index is 12.6. The summed E-state index contributed by atoms with van der Waals surface area (Å²) in [6.07, 6.45) is 2.30. The summed E-state index contributed by atoms with van der Waals surface area (Å²) in [4.78, 5) is 26.7. The van der Waals surface area contributed by atoms with E-state index in [1.165, 1.54) is 4.31 Å². The molecule has 24 heavy (non-hydrogen) atoms. The molecule has 2 aliphatic rings. The highest BCUT2D eigenvalue weighted by atomic mass is 32.2. The van der Waals surface area contributed by atoms with Crippen LogP contribution in [0.25, 0.3) is 0 Å². The van der Waals surface area contributed by atoms with Gasteiger partial charge in [0.05, 0.1) is 11.4 Å². The molecule has 0 saturated carbocycles. The first-order chi connectivity index (χ1) is 11.5. The van der Waals surface area contributed by atoms with E-state index in [2.05, 4.69) is 0 Å². The van der Waals surface area contributed by atoms with Gasteiger partial charge in [-0.3, -0.25) is 13.9 Å². The molecule has 0 N–H and O–H groups in total. The van der Waals surface area contributed by atoms with Gasteiger partial charge in [-0.1, -0.05) is 6.07 Å². The standard InChI is InChI=1S/C16H21N3O4S/c20-13-17-7-9-18(10-8-17)16(21)14-4-3-5-15(12-14)19-6-1-2-11-24(19,22)23/h3-5,12-13H,1-2,6-11H2. The highest BCUT2D eigenvalue weighted by Crippen LogP contribution is 2.25. The number of rotatable bonds is 3. The Bertz CT molecular complexity index is 727. The summed E-state index contributed by atoms with van der Waals surface area (Å²) in [6.45, 7) is 2.48. The molecule has 2 fully saturated rings. The van der Waals surface area contributed by atoms with Gasteiger partial charge in [0.1, 0.15) is 0 Å². The van der Waals surface area contributed by atoms with Crippen molar-refractivity contribution in [3.8, 4) is 0 Å². The number of anilines is 1. The van der Waals surface area contributed by atoms with Crippen LogP contribution in [0.15, 0.2) is 24.3 Å². The number of sulfonamides is 1. The number of hydrogen-bond donors (Lipinski definition) is 0. The van der Waals surface area contributed by atoms with Crippen LogP contribution in [0.1, 0.15) is 23.2 Å². The van der Waals surface area contributed by atoms with Gasteiger partial charge in [0.2, 0.25) is 16.4 Å². The van der Waals surface area contributed by atoms with Gasteiger partial charge in [-0.25, -0.2) is 8.42 Å². The van der Waals surface area contributed by atoms with Crippen molar-refractivity contribution in [3.63, 3.8) is 0 Å². The Labute approximate surface area is 141 Å². The van der Waals surface area contributed by atoms with Crippen molar-refractivity contribution < 1.29 is 18.0 Å². The molecule has 2 aliphatic heterocycles. The van der Waals surface area contributed by atoms with Crippen molar-refractivity contribution >= 4 is 28.0 Å². The normalized spacial score (nSPS) is 20.8. The fourth-order valence-corrected chi connectivity index (χ4v) is 4.72. The van der Waals surface area contributed by atoms with Crippen molar-refractivity contribution in [1.82, 2.24) is 9.80 Å². The quantitative estimate of drug-likeness (QED) is 0.744. The van der Waals surface area contributed by atoms with Crippen molar-refractivity contribution in [2.75, 3.05) is 42.8 Å². The molecule has 7 nitrogen and oxygen atoms in total. The zero-order valence-corrected chi connectivity index (χ0v) is 14.2. The molecule has 2 saturated heterocycles. The number of hydrogen-bond acceptors (Lipinski definition) is 4. The van der Waals surface area contributed by atoms with Gasteiger partial charge < -0.3 is 9.80 Å². The summed E-state index contributed by atoms with van der Waals surface area (Å²) in [6, 6.07) is 6.80. The van der Waals surface area contributed by atoms with Crippen LogP contribution in [0.5, 0.6) is 0 Å². The molecule has 0 aromatic heterocycles. The summed E-state index contributed by atoms with van der Waals surface area (Å²) in [5.74, 6) is 0.0237. The summed E-state index contributed by atoms with van der Waals surface area (Å²) in [7, 11) is -3.29. The van der Waals surface area contributed by atoms with Gasteiger partial charge in [0, 0.05) is 38.3 Å². The smallest absolute Gasteiger partial charge is 0.254 e. The van der Waals surface area contributed by atoms with E-state index < -0.39 is 10.0 Å². The molecule has 0 aliphatic carbocycles. The molecule has 1 aromatic rings. The minimum absolute atomic E-state index is 0.128. The first-order valence-corrected chi connectivity index (χ1v) is 9.71. The van der Waals surface area contributed by atoms with E-state index in [1.54, 1.807) is 34.1 Å². The van der Waals surface area contributed by atoms with Crippen LogP contribution in [0.2, 0.25) is 0 Å². The summed E-state index contributed by atoms with van der Waals surface area (Å²) >= 11 is 0. The van der Waals surface area contributed by atoms with Gasteiger partial charge in [-0.15, -0.1) is 0 Å². The van der Waals surface area contributed by atoms with Crippen molar-refractivity contribution in [2.24, 2.45) is 0 Å². The average molecular weight is 351 g/mol. The monoisotopic (exact) mass is 351 g/mol. The Morgan fingerprint density at radius 2 is 1.79 bits per heavy atom. The Morgan fingerprint density at radius 1 is 1.04 bits per heavy atom. The number of nitrogens with zero attached hydrogens (tertiary/aromatic N) is 3. The van der Waals surface area contributed by atoms with Crippen LogP contribution in [0.4, 0.5) is 5.69 Å². The lowest BCUT2D eigenvalue weighted by Gasteiger charge is -2.33. The van der Waals surface area contributed by atoms with E-state index in [1.807, 2.05) is 0 Å². The second-order valence-corrected chi connectivity index (χ2v) is 8.09. The lowest BCUT2D eigenvalue weighted by atomic mass is 10.1. The SMILES string of the molecule is O=CN1CCN(C(=O)c2cccc(N3CCCCS3(=O)=O)c2)CC1. The molecular weight excluding hydrogens is 330 g/mol. The first kappa shape index (κ1) is 16.8. The van der Waals surface area contributed by atoms with Crippen LogP contribution in [-0.2, 0) is 14.8 Å². The van der Waals surface area contributed by atoms with Gasteiger partial charge in [0.25, 0.3) is 5.91 Å². The molecule has 2 heterocycles. The third kappa shape index (κ3) is 3.38. The van der Waals surface area contributed by atoms with E-state index in [4.69, 9.17) is 0 Å². The molecule has 2 amide bonds. The van der Waals surface area contributed by atoms with Crippen molar-refractivity contribution in [2.45, 2.75) is 12.8 Å². The summed E-state index contributed by atoms with van der Waals surface area (Å²) < 4.78 is 25.9. The van der Waals surface area contributed by atoms with Gasteiger partial charge in [-0.05, 0) is 31.0 Å². The van der Waals surface area contributed by atoms with E-state index >= 15 is 0 Å². The summed E-state index contributed by atoms with van der Waals surface area (Å²) in [5.41, 5.74) is 1.03. The van der Waals surface area contributed by atoms with E-state index in [-0.39, 0.29) is 11.7 Å². The maximum Gasteiger partial charge on any atom is 0.254 e. The van der Waals surface area contributed by atoms with Crippen LogP contribution < -0.4 is 4.31 Å². The van der Waals surface area contributed by atoms with E-state index in [9.17, 15) is 18.0 Å². The second kappa shape index (κ2) is 6.80. The predicted octanol–water partition coefficient (Wildman–Crippen LogP) is 0.531. The number of piperazine rings is 1. The topological polar surface area (TPSA) is 78.0 Å². The van der Waals surface area contributed by atoms with Crippen molar-refractivity contribution in [1.29, 1.82) is 0 Å². The fourth-order valence-electron chi connectivity index (χ4n) is 3.09. The van der Waals surface area contributed by atoms with Gasteiger partial charge >= 0.3 is 0 Å². The van der Waals surface area contributed by atoms with E-state index in [0.29, 0.717) is 50.4 Å². The average Bonchev–Trinajstić information content (AvgIpc) is 2.61. The highest BCUT2D eigenvalue weighted by molar-refractivity contribution is 7.92. The number of benzene rings is 1. The Morgan fingerprint density at radius 3 is 2.46 bits per heavy atom. The Kier molecular flexibility index (Phi) is 4.75. The molecule has 8 heteroatoms. The lowest BCUT2D eigenvalue weighted by molar-refractivity contribution is -0.119. The maximum atomic E-state index is 12.6. The second-order valence-electron chi connectivity index (χ2n) is 6.08. The molecule has 0 atom stereocenters. The summed E-state index contributed by atoms with van der Waals surface area (Å²) in [5, 5.41) is 0. The molecule has 0 unspecified atom stereocenters. The molecule has 0 spiro atoms. The van der Waals surface area contributed by atoms with Crippen LogP contribution in [-0.4, -0.2) is 69.0 Å². The van der Waals surface area contributed by atoms with Crippen LogP contribution in [0.3, 0.4) is 0 Å². The fraction of sp³-hybridized carbons (Fsp3) is 0.500. The Hall–Kier alpha value is -2.09. The van der Waals surface area contributed by atoms with Crippen LogP contribution in [0, 0.1) is 0 Å². The molecule has 0 radical (unpaired) electrons. The zero-order valence-electron chi connectivity index (χ0n) is 13.4. The minimum Gasteiger partial charge on any atom is -0.342 e. The molecule has 0 bridgehead atoms. The minimum atomic E-state index is -3.29. The van der Waals surface area contributed by atoms with Gasteiger partial charge in [-0.2, -0.15) is 0 Å². The first-order valence-electron chi connectivity index (χ1n) is 8.10. The Balaban J connectivity index is 1.78. The highest BCUT2D eigenvalue weighted by Gasteiger charge is 2.27. The molecular formula is C16H21N3O4S. The third-order valence-corrected chi connectivity index (χ3v) is 6.35. The molecule has 130 valence electrons. The predicted molar refractivity (Wildman–Crippen MR) is 90.3 cm³/mol. The third-order valence-electron chi connectivity index (χ3n) is 4.48. The molecule has 3 rings (SSSR count). The lowest BCUT2D eigenvalue weighted by Crippen LogP contribution is -2.48. The number of carbonyl (C=O) groups excluding carboxylic acids is 2. The van der Waals surface area contributed by atoms with Crippen molar-refractivity contribution in [3.05, 3.63) is 29.8 Å².